The molecular weight excluding hydrogens is 248 g/mol. The van der Waals surface area contributed by atoms with E-state index in [1.165, 1.54) is 17.7 Å². The van der Waals surface area contributed by atoms with Gasteiger partial charge in [-0.1, -0.05) is 19.9 Å². The zero-order valence-electron chi connectivity index (χ0n) is 13.1. The topological polar surface area (TPSA) is 34.2 Å². The maximum atomic E-state index is 6.05. The van der Waals surface area contributed by atoms with Crippen LogP contribution >= 0.6 is 0 Å². The summed E-state index contributed by atoms with van der Waals surface area (Å²) < 4.78 is 6.05. The average Bonchev–Trinajstić information content (AvgIpc) is 2.90. The van der Waals surface area contributed by atoms with Crippen molar-refractivity contribution in [2.24, 2.45) is 0 Å². The smallest absolute Gasteiger partial charge is 0.0736 e. The van der Waals surface area contributed by atoms with E-state index in [9.17, 15) is 0 Å². The highest BCUT2D eigenvalue weighted by Crippen LogP contribution is 2.23. The predicted molar refractivity (Wildman–Crippen MR) is 83.0 cm³/mol. The summed E-state index contributed by atoms with van der Waals surface area (Å²) in [4.78, 5) is 4.59. The molecule has 0 radical (unpaired) electrons. The predicted octanol–water partition coefficient (Wildman–Crippen LogP) is 3.12. The standard InChI is InChI=1S/C17H28N2O/c1-4-10-18-16(17-9-6-13(3)20-17)11-15-8-7-14(5-2)12-19-15/h7-8,12-13,16-18H,4-6,9-11H2,1-3H3. The molecule has 0 bridgehead atoms. The van der Waals surface area contributed by atoms with Crippen LogP contribution in [0.4, 0.5) is 0 Å². The SMILES string of the molecule is CCCNC(Cc1ccc(CC)cn1)C1CCC(C)O1. The highest BCUT2D eigenvalue weighted by Gasteiger charge is 2.29. The molecule has 1 N–H and O–H groups in total. The van der Waals surface area contributed by atoms with E-state index in [-0.39, 0.29) is 0 Å². The number of ether oxygens (including phenoxy) is 1. The minimum atomic E-state index is 0.337. The van der Waals surface area contributed by atoms with Gasteiger partial charge in [-0.2, -0.15) is 0 Å². The Morgan fingerprint density at radius 2 is 2.20 bits per heavy atom. The lowest BCUT2D eigenvalue weighted by molar-refractivity contribution is 0.0319. The highest BCUT2D eigenvalue weighted by molar-refractivity contribution is 5.15. The molecule has 3 unspecified atom stereocenters. The van der Waals surface area contributed by atoms with Gasteiger partial charge in [-0.3, -0.25) is 4.98 Å². The van der Waals surface area contributed by atoms with E-state index in [1.807, 2.05) is 6.20 Å². The second kappa shape index (κ2) is 7.75. The van der Waals surface area contributed by atoms with Crippen LogP contribution in [0.1, 0.15) is 51.3 Å². The van der Waals surface area contributed by atoms with Gasteiger partial charge in [-0.15, -0.1) is 0 Å². The van der Waals surface area contributed by atoms with Gasteiger partial charge in [0.25, 0.3) is 0 Å². The van der Waals surface area contributed by atoms with Gasteiger partial charge in [0.15, 0.2) is 0 Å². The van der Waals surface area contributed by atoms with E-state index in [1.54, 1.807) is 0 Å². The van der Waals surface area contributed by atoms with Crippen molar-refractivity contribution in [3.05, 3.63) is 29.6 Å². The average molecular weight is 276 g/mol. The number of hydrogen-bond donors (Lipinski definition) is 1. The molecule has 0 amide bonds. The summed E-state index contributed by atoms with van der Waals surface area (Å²) in [6.45, 7) is 7.59. The summed E-state index contributed by atoms with van der Waals surface area (Å²) in [6, 6.07) is 4.75. The number of hydrogen-bond acceptors (Lipinski definition) is 3. The molecule has 1 fully saturated rings. The number of nitrogens with zero attached hydrogens (tertiary/aromatic N) is 1. The Kier molecular flexibility index (Phi) is 5.99. The van der Waals surface area contributed by atoms with E-state index in [0.29, 0.717) is 18.2 Å². The molecule has 0 aromatic carbocycles. The Morgan fingerprint density at radius 3 is 2.75 bits per heavy atom. The minimum absolute atomic E-state index is 0.337. The molecular formula is C17H28N2O. The molecule has 2 heterocycles. The van der Waals surface area contributed by atoms with E-state index in [4.69, 9.17) is 4.74 Å². The van der Waals surface area contributed by atoms with Crippen LogP contribution in [-0.2, 0) is 17.6 Å². The first-order chi connectivity index (χ1) is 9.72. The molecule has 2 rings (SSSR count). The third kappa shape index (κ3) is 4.29. The highest BCUT2D eigenvalue weighted by atomic mass is 16.5. The number of aryl methyl sites for hydroxylation is 1. The lowest BCUT2D eigenvalue weighted by Crippen LogP contribution is -2.42. The van der Waals surface area contributed by atoms with Gasteiger partial charge < -0.3 is 10.1 Å². The first-order valence-corrected chi connectivity index (χ1v) is 8.05. The van der Waals surface area contributed by atoms with Crippen LogP contribution in [0.15, 0.2) is 18.3 Å². The molecule has 3 atom stereocenters. The van der Waals surface area contributed by atoms with Gasteiger partial charge >= 0.3 is 0 Å². The van der Waals surface area contributed by atoms with Crippen LogP contribution in [0.3, 0.4) is 0 Å². The Morgan fingerprint density at radius 1 is 1.35 bits per heavy atom. The van der Waals surface area contributed by atoms with E-state index in [2.05, 4.69) is 43.2 Å². The molecule has 0 spiro atoms. The fourth-order valence-corrected chi connectivity index (χ4v) is 2.80. The van der Waals surface area contributed by atoms with Crippen molar-refractivity contribution in [1.29, 1.82) is 0 Å². The molecule has 1 aliphatic rings. The number of rotatable bonds is 7. The normalized spacial score (nSPS) is 23.9. The Labute approximate surface area is 123 Å². The zero-order chi connectivity index (χ0) is 14.4. The second-order valence-corrected chi connectivity index (χ2v) is 5.84. The maximum absolute atomic E-state index is 6.05. The Hall–Kier alpha value is -0.930. The Bertz CT molecular complexity index is 390. The third-order valence-electron chi connectivity index (χ3n) is 4.09. The molecule has 0 aliphatic carbocycles. The molecule has 0 saturated carbocycles. The van der Waals surface area contributed by atoms with Crippen LogP contribution in [0.2, 0.25) is 0 Å². The van der Waals surface area contributed by atoms with Gasteiger partial charge in [0.1, 0.15) is 0 Å². The summed E-state index contributed by atoms with van der Waals surface area (Å²) in [5, 5.41) is 3.64. The van der Waals surface area contributed by atoms with Crippen molar-refractivity contribution >= 4 is 0 Å². The molecule has 1 saturated heterocycles. The van der Waals surface area contributed by atoms with E-state index in [0.717, 1.165) is 32.2 Å². The fraction of sp³-hybridized carbons (Fsp3) is 0.706. The Balaban J connectivity index is 1.98. The molecule has 1 aromatic rings. The monoisotopic (exact) mass is 276 g/mol. The van der Waals surface area contributed by atoms with Crippen LogP contribution in [0, 0.1) is 0 Å². The van der Waals surface area contributed by atoms with Crippen LogP contribution < -0.4 is 5.32 Å². The van der Waals surface area contributed by atoms with Crippen LogP contribution in [0.25, 0.3) is 0 Å². The van der Waals surface area contributed by atoms with Crippen LogP contribution in [0.5, 0.6) is 0 Å². The zero-order valence-corrected chi connectivity index (χ0v) is 13.1. The van der Waals surface area contributed by atoms with Crippen molar-refractivity contribution in [2.45, 2.75) is 71.1 Å². The van der Waals surface area contributed by atoms with Gasteiger partial charge in [0.05, 0.1) is 12.2 Å². The van der Waals surface area contributed by atoms with Crippen molar-refractivity contribution < 1.29 is 4.74 Å². The van der Waals surface area contributed by atoms with Crippen LogP contribution in [-0.4, -0.2) is 29.8 Å². The first-order valence-electron chi connectivity index (χ1n) is 8.05. The molecule has 3 nitrogen and oxygen atoms in total. The molecule has 1 aromatic heterocycles. The maximum Gasteiger partial charge on any atom is 0.0736 e. The number of aromatic nitrogens is 1. The molecule has 112 valence electrons. The summed E-state index contributed by atoms with van der Waals surface area (Å²) >= 11 is 0. The van der Waals surface area contributed by atoms with Crippen molar-refractivity contribution in [2.75, 3.05) is 6.54 Å². The number of pyridine rings is 1. The van der Waals surface area contributed by atoms with Gasteiger partial charge in [-0.25, -0.2) is 0 Å². The minimum Gasteiger partial charge on any atom is -0.374 e. The van der Waals surface area contributed by atoms with Crippen molar-refractivity contribution in [3.8, 4) is 0 Å². The molecule has 3 heteroatoms. The summed E-state index contributed by atoms with van der Waals surface area (Å²) in [6.07, 6.45) is 8.25. The first kappa shape index (κ1) is 15.5. The second-order valence-electron chi connectivity index (χ2n) is 5.84. The summed E-state index contributed by atoms with van der Waals surface area (Å²) in [7, 11) is 0. The summed E-state index contributed by atoms with van der Waals surface area (Å²) in [5.41, 5.74) is 2.47. The largest absolute Gasteiger partial charge is 0.374 e. The van der Waals surface area contributed by atoms with E-state index >= 15 is 0 Å². The van der Waals surface area contributed by atoms with E-state index < -0.39 is 0 Å². The quantitative estimate of drug-likeness (QED) is 0.831. The lowest BCUT2D eigenvalue weighted by Gasteiger charge is -2.24. The third-order valence-corrected chi connectivity index (χ3v) is 4.09. The summed E-state index contributed by atoms with van der Waals surface area (Å²) in [5.74, 6) is 0. The van der Waals surface area contributed by atoms with Crippen molar-refractivity contribution in [1.82, 2.24) is 10.3 Å². The molecule has 20 heavy (non-hydrogen) atoms. The van der Waals surface area contributed by atoms with Crippen molar-refractivity contribution in [3.63, 3.8) is 0 Å². The van der Waals surface area contributed by atoms with Gasteiger partial charge in [0, 0.05) is 24.4 Å². The lowest BCUT2D eigenvalue weighted by atomic mass is 10.0. The number of nitrogens with one attached hydrogen (secondary N) is 1. The van der Waals surface area contributed by atoms with Gasteiger partial charge in [-0.05, 0) is 50.8 Å². The fourth-order valence-electron chi connectivity index (χ4n) is 2.80. The molecule has 1 aliphatic heterocycles. The van der Waals surface area contributed by atoms with Gasteiger partial charge in [0.2, 0.25) is 0 Å².